The predicted octanol–water partition coefficient (Wildman–Crippen LogP) is 3.22. The second kappa shape index (κ2) is 3.93. The zero-order valence-electron chi connectivity index (χ0n) is 10.5. The Labute approximate surface area is 101 Å². The van der Waals surface area contributed by atoms with Gasteiger partial charge in [-0.15, -0.1) is 0 Å². The molecular weight excluding hydrogens is 222 g/mol. The van der Waals surface area contributed by atoms with Crippen LogP contribution in [0.25, 0.3) is 0 Å². The second-order valence-corrected chi connectivity index (χ2v) is 5.65. The molecule has 0 unspecified atom stereocenters. The molecule has 2 nitrogen and oxygen atoms in total. The number of rotatable bonds is 1. The molecule has 0 bridgehead atoms. The summed E-state index contributed by atoms with van der Waals surface area (Å²) in [5, 5.41) is 0. The van der Waals surface area contributed by atoms with Crippen molar-refractivity contribution in [3.05, 3.63) is 23.9 Å². The Hall–Kier alpha value is -1.19. The molecule has 0 amide bonds. The Morgan fingerprint density at radius 2 is 2.06 bits per heavy atom. The van der Waals surface area contributed by atoms with Gasteiger partial charge in [-0.3, -0.25) is 0 Å². The van der Waals surface area contributed by atoms with Gasteiger partial charge in [0.15, 0.2) is 0 Å². The molecule has 1 saturated heterocycles. The van der Waals surface area contributed by atoms with Crippen LogP contribution in [0, 0.1) is 0 Å². The van der Waals surface area contributed by atoms with E-state index in [0.717, 1.165) is 5.56 Å². The fourth-order valence-electron chi connectivity index (χ4n) is 2.15. The average molecular weight is 240 g/mol. The van der Waals surface area contributed by atoms with Crippen LogP contribution in [0.1, 0.15) is 32.8 Å². The lowest BCUT2D eigenvalue weighted by Crippen LogP contribution is -2.28. The maximum Gasteiger partial charge on any atom is 0.266 e. The molecule has 2 heterocycles. The van der Waals surface area contributed by atoms with Crippen molar-refractivity contribution in [2.45, 2.75) is 38.5 Å². The monoisotopic (exact) mass is 240 g/mol. The Kier molecular flexibility index (Phi) is 2.84. The standard InChI is InChI=1S/C13H18F2N2/c1-12(2,3)10-5-4-7-16-11(10)17-8-6-13(14,15)9-17/h4-5,7H,6,8-9H2,1-3H3. The maximum atomic E-state index is 13.2. The molecule has 0 atom stereocenters. The topological polar surface area (TPSA) is 16.1 Å². The number of hydrogen-bond acceptors (Lipinski definition) is 2. The smallest absolute Gasteiger partial charge is 0.266 e. The molecule has 1 aromatic heterocycles. The van der Waals surface area contributed by atoms with Crippen molar-refractivity contribution < 1.29 is 8.78 Å². The van der Waals surface area contributed by atoms with Crippen LogP contribution in [0.3, 0.4) is 0 Å². The van der Waals surface area contributed by atoms with Gasteiger partial charge in [-0.2, -0.15) is 0 Å². The highest BCUT2D eigenvalue weighted by atomic mass is 19.3. The SMILES string of the molecule is CC(C)(C)c1cccnc1N1CCC(F)(F)C1. The first-order valence-corrected chi connectivity index (χ1v) is 5.88. The van der Waals surface area contributed by atoms with Crippen molar-refractivity contribution in [3.8, 4) is 0 Å². The zero-order valence-corrected chi connectivity index (χ0v) is 10.5. The van der Waals surface area contributed by atoms with Crippen molar-refractivity contribution in [1.82, 2.24) is 4.98 Å². The molecule has 0 aliphatic carbocycles. The minimum Gasteiger partial charge on any atom is -0.350 e. The number of halogens is 2. The minimum absolute atomic E-state index is 0.0762. The Morgan fingerprint density at radius 1 is 1.35 bits per heavy atom. The van der Waals surface area contributed by atoms with E-state index in [1.54, 1.807) is 11.1 Å². The quantitative estimate of drug-likeness (QED) is 0.749. The molecule has 0 spiro atoms. The summed E-state index contributed by atoms with van der Waals surface area (Å²) < 4.78 is 26.5. The Bertz CT molecular complexity index is 410. The first-order chi connectivity index (χ1) is 7.80. The minimum atomic E-state index is -2.58. The van der Waals surface area contributed by atoms with Gasteiger partial charge in [0.05, 0.1) is 6.54 Å². The third kappa shape index (κ3) is 2.56. The van der Waals surface area contributed by atoms with E-state index < -0.39 is 5.92 Å². The molecular formula is C13H18F2N2. The lowest BCUT2D eigenvalue weighted by atomic mass is 9.87. The molecule has 1 aliphatic rings. The van der Waals surface area contributed by atoms with Gasteiger partial charge < -0.3 is 4.90 Å². The molecule has 1 aromatic rings. The van der Waals surface area contributed by atoms with Gasteiger partial charge in [-0.25, -0.2) is 13.8 Å². The average Bonchev–Trinajstić information content (AvgIpc) is 2.58. The van der Waals surface area contributed by atoms with Crippen molar-refractivity contribution in [2.24, 2.45) is 0 Å². The third-order valence-electron chi connectivity index (χ3n) is 3.06. The lowest BCUT2D eigenvalue weighted by molar-refractivity contribution is 0.0256. The van der Waals surface area contributed by atoms with E-state index in [2.05, 4.69) is 25.8 Å². The summed E-state index contributed by atoms with van der Waals surface area (Å²) in [6, 6.07) is 3.83. The highest BCUT2D eigenvalue weighted by molar-refractivity contribution is 5.51. The molecule has 4 heteroatoms. The van der Waals surface area contributed by atoms with E-state index in [1.807, 2.05) is 12.1 Å². The van der Waals surface area contributed by atoms with Crippen molar-refractivity contribution >= 4 is 5.82 Å². The van der Waals surface area contributed by atoms with Crippen molar-refractivity contribution in [2.75, 3.05) is 18.0 Å². The van der Waals surface area contributed by atoms with Gasteiger partial charge in [0.25, 0.3) is 5.92 Å². The maximum absolute atomic E-state index is 13.2. The largest absolute Gasteiger partial charge is 0.350 e. The summed E-state index contributed by atoms with van der Waals surface area (Å²) in [6.45, 7) is 6.38. The van der Waals surface area contributed by atoms with E-state index >= 15 is 0 Å². The first kappa shape index (κ1) is 12.3. The van der Waals surface area contributed by atoms with Crippen LogP contribution in [0.2, 0.25) is 0 Å². The fraction of sp³-hybridized carbons (Fsp3) is 0.615. The summed E-state index contributed by atoms with van der Waals surface area (Å²) in [5.74, 6) is -1.87. The zero-order chi connectivity index (χ0) is 12.7. The number of aromatic nitrogens is 1. The van der Waals surface area contributed by atoms with Gasteiger partial charge in [0.2, 0.25) is 0 Å². The second-order valence-electron chi connectivity index (χ2n) is 5.65. The van der Waals surface area contributed by atoms with Crippen LogP contribution >= 0.6 is 0 Å². The van der Waals surface area contributed by atoms with Crippen molar-refractivity contribution in [1.29, 1.82) is 0 Å². The lowest BCUT2D eigenvalue weighted by Gasteiger charge is -2.27. The number of anilines is 1. The molecule has 0 saturated carbocycles. The van der Waals surface area contributed by atoms with E-state index in [4.69, 9.17) is 0 Å². The van der Waals surface area contributed by atoms with E-state index in [0.29, 0.717) is 12.4 Å². The summed E-state index contributed by atoms with van der Waals surface area (Å²) in [5.41, 5.74) is 0.944. The summed E-state index contributed by atoms with van der Waals surface area (Å²) in [6.07, 6.45) is 1.59. The molecule has 0 N–H and O–H groups in total. The number of nitrogens with zero attached hydrogens (tertiary/aromatic N) is 2. The van der Waals surface area contributed by atoms with Gasteiger partial charge in [-0.1, -0.05) is 26.8 Å². The van der Waals surface area contributed by atoms with Crippen LogP contribution in [0.4, 0.5) is 14.6 Å². The normalized spacial score (nSPS) is 19.7. The molecule has 0 aromatic carbocycles. The summed E-state index contributed by atoms with van der Waals surface area (Å²) in [7, 11) is 0. The molecule has 94 valence electrons. The van der Waals surface area contributed by atoms with Crippen molar-refractivity contribution in [3.63, 3.8) is 0 Å². The highest BCUT2D eigenvalue weighted by Gasteiger charge is 2.39. The number of hydrogen-bond donors (Lipinski definition) is 0. The van der Waals surface area contributed by atoms with Gasteiger partial charge in [0, 0.05) is 24.7 Å². The Balaban J connectivity index is 2.34. The van der Waals surface area contributed by atoms with Crippen LogP contribution in [0.5, 0.6) is 0 Å². The van der Waals surface area contributed by atoms with Crippen LogP contribution in [-0.4, -0.2) is 24.0 Å². The summed E-state index contributed by atoms with van der Waals surface area (Å²) in [4.78, 5) is 5.98. The summed E-state index contributed by atoms with van der Waals surface area (Å²) >= 11 is 0. The van der Waals surface area contributed by atoms with Gasteiger partial charge >= 0.3 is 0 Å². The number of pyridine rings is 1. The molecule has 0 radical (unpaired) electrons. The highest BCUT2D eigenvalue weighted by Crippen LogP contribution is 2.35. The predicted molar refractivity (Wildman–Crippen MR) is 64.7 cm³/mol. The van der Waals surface area contributed by atoms with E-state index in [1.165, 1.54) is 0 Å². The fourth-order valence-corrected chi connectivity index (χ4v) is 2.15. The molecule has 1 aliphatic heterocycles. The first-order valence-electron chi connectivity index (χ1n) is 5.88. The van der Waals surface area contributed by atoms with Crippen LogP contribution in [-0.2, 0) is 5.41 Å². The van der Waals surface area contributed by atoms with Gasteiger partial charge in [0.1, 0.15) is 5.82 Å². The third-order valence-corrected chi connectivity index (χ3v) is 3.06. The van der Waals surface area contributed by atoms with E-state index in [9.17, 15) is 8.78 Å². The van der Waals surface area contributed by atoms with E-state index in [-0.39, 0.29) is 18.4 Å². The molecule has 1 fully saturated rings. The van der Waals surface area contributed by atoms with Crippen LogP contribution in [0.15, 0.2) is 18.3 Å². The molecule has 17 heavy (non-hydrogen) atoms. The molecule has 2 rings (SSSR count). The number of alkyl halides is 2. The Morgan fingerprint density at radius 3 is 2.59 bits per heavy atom. The van der Waals surface area contributed by atoms with Crippen LogP contribution < -0.4 is 4.90 Å². The van der Waals surface area contributed by atoms with Gasteiger partial charge in [-0.05, 0) is 11.5 Å².